The second kappa shape index (κ2) is 7.34. The van der Waals surface area contributed by atoms with Gasteiger partial charge in [0.2, 0.25) is 5.91 Å². The Morgan fingerprint density at radius 1 is 1.38 bits per heavy atom. The van der Waals surface area contributed by atoms with Crippen LogP contribution in [0.4, 0.5) is 0 Å². The van der Waals surface area contributed by atoms with Crippen LogP contribution in [0.5, 0.6) is 0 Å². The molecule has 5 heteroatoms. The zero-order valence-electron chi connectivity index (χ0n) is 14.8. The molecule has 24 heavy (non-hydrogen) atoms. The predicted molar refractivity (Wildman–Crippen MR) is 94.9 cm³/mol. The Morgan fingerprint density at radius 2 is 2.17 bits per heavy atom. The first kappa shape index (κ1) is 17.0. The average molecular weight is 329 g/mol. The minimum Gasteiger partial charge on any atom is -0.440 e. The van der Waals surface area contributed by atoms with Crippen LogP contribution < -0.4 is 5.32 Å². The molecule has 5 nitrogen and oxygen atoms in total. The monoisotopic (exact) mass is 329 g/mol. The van der Waals surface area contributed by atoms with E-state index in [1.807, 2.05) is 24.3 Å². The van der Waals surface area contributed by atoms with Crippen molar-refractivity contribution < 1.29 is 9.21 Å². The molecule has 130 valence electrons. The van der Waals surface area contributed by atoms with Crippen molar-refractivity contribution in [2.24, 2.45) is 5.92 Å². The first-order valence-electron chi connectivity index (χ1n) is 8.90. The number of carbonyl (C=O) groups is 1. The third-order valence-corrected chi connectivity index (χ3v) is 4.92. The molecule has 0 bridgehead atoms. The second-order valence-corrected chi connectivity index (χ2v) is 7.19. The molecule has 0 radical (unpaired) electrons. The highest BCUT2D eigenvalue weighted by atomic mass is 16.3. The van der Waals surface area contributed by atoms with Gasteiger partial charge in [-0.3, -0.25) is 9.69 Å². The number of likely N-dealkylation sites (tertiary alicyclic amines) is 1. The van der Waals surface area contributed by atoms with E-state index in [1.54, 1.807) is 0 Å². The number of benzene rings is 1. The Kier molecular flexibility index (Phi) is 5.19. The Morgan fingerprint density at radius 3 is 2.92 bits per heavy atom. The van der Waals surface area contributed by atoms with Gasteiger partial charge >= 0.3 is 0 Å². The molecule has 1 N–H and O–H groups in total. The summed E-state index contributed by atoms with van der Waals surface area (Å²) in [6.45, 7) is 8.54. The van der Waals surface area contributed by atoms with E-state index in [0.717, 1.165) is 42.9 Å². The summed E-state index contributed by atoms with van der Waals surface area (Å²) in [4.78, 5) is 19.1. The lowest BCUT2D eigenvalue weighted by molar-refractivity contribution is -0.123. The number of para-hydroxylation sites is 2. The van der Waals surface area contributed by atoms with Gasteiger partial charge in [-0.2, -0.15) is 0 Å². The molecule has 2 heterocycles. The molecule has 2 aromatic rings. The lowest BCUT2D eigenvalue weighted by Crippen LogP contribution is -2.45. The maximum atomic E-state index is 12.2. The summed E-state index contributed by atoms with van der Waals surface area (Å²) in [5.41, 5.74) is 1.75. The predicted octanol–water partition coefficient (Wildman–Crippen LogP) is 3.17. The average Bonchev–Trinajstić information content (AvgIpc) is 2.99. The SMILES string of the molecule is CC(C)C(C)NC(=O)CN1CCCC(c2nc3ccccc3o2)C1. The summed E-state index contributed by atoms with van der Waals surface area (Å²) in [6, 6.07) is 8.07. The number of rotatable bonds is 5. The molecule has 0 spiro atoms. The molecule has 1 aliphatic rings. The fraction of sp³-hybridized carbons (Fsp3) is 0.579. The zero-order valence-corrected chi connectivity index (χ0v) is 14.8. The molecule has 1 aromatic carbocycles. The standard InChI is InChI=1S/C19H27N3O2/c1-13(2)14(3)20-18(23)12-22-10-6-7-15(11-22)19-21-16-8-4-5-9-17(16)24-19/h4-5,8-9,13-15H,6-7,10-12H2,1-3H3,(H,20,23). The minimum atomic E-state index is 0.106. The van der Waals surface area contributed by atoms with Gasteiger partial charge in [-0.15, -0.1) is 0 Å². The molecule has 0 saturated carbocycles. The van der Waals surface area contributed by atoms with E-state index in [-0.39, 0.29) is 17.9 Å². The summed E-state index contributed by atoms with van der Waals surface area (Å²) in [5.74, 6) is 1.62. The third-order valence-electron chi connectivity index (χ3n) is 4.92. The van der Waals surface area contributed by atoms with E-state index in [2.05, 4.69) is 36.0 Å². The van der Waals surface area contributed by atoms with Crippen LogP contribution in [0, 0.1) is 5.92 Å². The maximum absolute atomic E-state index is 12.2. The quantitative estimate of drug-likeness (QED) is 0.915. The number of carbonyl (C=O) groups excluding carboxylic acids is 1. The highest BCUT2D eigenvalue weighted by Gasteiger charge is 2.26. The van der Waals surface area contributed by atoms with Gasteiger partial charge in [-0.25, -0.2) is 4.98 Å². The fourth-order valence-electron chi connectivity index (χ4n) is 3.13. The topological polar surface area (TPSA) is 58.4 Å². The van der Waals surface area contributed by atoms with Crippen molar-refractivity contribution in [3.8, 4) is 0 Å². The molecule has 1 aliphatic heterocycles. The number of hydrogen-bond donors (Lipinski definition) is 1. The number of fused-ring (bicyclic) bond motifs is 1. The first-order valence-corrected chi connectivity index (χ1v) is 8.90. The van der Waals surface area contributed by atoms with Crippen LogP contribution in [0.2, 0.25) is 0 Å². The van der Waals surface area contributed by atoms with Crippen molar-refractivity contribution in [2.75, 3.05) is 19.6 Å². The Balaban J connectivity index is 1.61. The van der Waals surface area contributed by atoms with Crippen LogP contribution >= 0.6 is 0 Å². The van der Waals surface area contributed by atoms with Crippen molar-refractivity contribution in [3.05, 3.63) is 30.2 Å². The number of aromatic nitrogens is 1. The first-order chi connectivity index (χ1) is 11.5. The van der Waals surface area contributed by atoms with E-state index in [4.69, 9.17) is 4.42 Å². The largest absolute Gasteiger partial charge is 0.440 e. The molecule has 1 saturated heterocycles. The second-order valence-electron chi connectivity index (χ2n) is 7.19. The van der Waals surface area contributed by atoms with Gasteiger partial charge in [0.25, 0.3) is 0 Å². The van der Waals surface area contributed by atoms with E-state index in [1.165, 1.54) is 0 Å². The zero-order chi connectivity index (χ0) is 17.1. The van der Waals surface area contributed by atoms with Crippen LogP contribution in [0.25, 0.3) is 11.1 Å². The smallest absolute Gasteiger partial charge is 0.234 e. The van der Waals surface area contributed by atoms with Crippen molar-refractivity contribution in [1.29, 1.82) is 0 Å². The number of amides is 1. The van der Waals surface area contributed by atoms with Crippen LogP contribution in [0.1, 0.15) is 45.4 Å². The molecule has 1 aromatic heterocycles. The van der Waals surface area contributed by atoms with Gasteiger partial charge in [-0.05, 0) is 44.4 Å². The van der Waals surface area contributed by atoms with Crippen LogP contribution in [0.3, 0.4) is 0 Å². The third kappa shape index (κ3) is 3.96. The van der Waals surface area contributed by atoms with Crippen molar-refractivity contribution in [3.63, 3.8) is 0 Å². The molecule has 3 rings (SSSR count). The lowest BCUT2D eigenvalue weighted by Gasteiger charge is -2.31. The van der Waals surface area contributed by atoms with Gasteiger partial charge in [0.1, 0.15) is 5.52 Å². The summed E-state index contributed by atoms with van der Waals surface area (Å²) < 4.78 is 5.92. The van der Waals surface area contributed by atoms with Crippen LogP contribution in [-0.2, 0) is 4.79 Å². The highest BCUT2D eigenvalue weighted by molar-refractivity contribution is 5.78. The van der Waals surface area contributed by atoms with E-state index in [9.17, 15) is 4.79 Å². The normalized spacial score (nSPS) is 20.4. The lowest BCUT2D eigenvalue weighted by atomic mass is 9.98. The Hall–Kier alpha value is -1.88. The maximum Gasteiger partial charge on any atom is 0.234 e. The van der Waals surface area contributed by atoms with Crippen LogP contribution in [0.15, 0.2) is 28.7 Å². The van der Waals surface area contributed by atoms with Crippen molar-refractivity contribution >= 4 is 17.0 Å². The summed E-state index contributed by atoms with van der Waals surface area (Å²) in [5, 5.41) is 3.08. The Labute approximate surface area is 143 Å². The van der Waals surface area contributed by atoms with Gasteiger partial charge in [0, 0.05) is 18.5 Å². The minimum absolute atomic E-state index is 0.106. The molecule has 1 fully saturated rings. The van der Waals surface area contributed by atoms with Gasteiger partial charge in [-0.1, -0.05) is 26.0 Å². The number of hydrogen-bond acceptors (Lipinski definition) is 4. The molecule has 2 atom stereocenters. The molecular weight excluding hydrogens is 302 g/mol. The number of nitrogens with one attached hydrogen (secondary N) is 1. The number of nitrogens with zero attached hydrogens (tertiary/aromatic N) is 2. The van der Waals surface area contributed by atoms with Crippen molar-refractivity contribution in [2.45, 2.75) is 45.6 Å². The number of piperidine rings is 1. The van der Waals surface area contributed by atoms with E-state index < -0.39 is 0 Å². The van der Waals surface area contributed by atoms with Crippen molar-refractivity contribution in [1.82, 2.24) is 15.2 Å². The fourth-order valence-corrected chi connectivity index (χ4v) is 3.13. The molecule has 2 unspecified atom stereocenters. The highest BCUT2D eigenvalue weighted by Crippen LogP contribution is 2.28. The summed E-state index contributed by atoms with van der Waals surface area (Å²) in [6.07, 6.45) is 2.13. The Bertz CT molecular complexity index is 662. The molecule has 0 aliphatic carbocycles. The van der Waals surface area contributed by atoms with Gasteiger partial charge in [0.05, 0.1) is 6.54 Å². The summed E-state index contributed by atoms with van der Waals surface area (Å²) >= 11 is 0. The van der Waals surface area contributed by atoms with Crippen LogP contribution in [-0.4, -0.2) is 41.5 Å². The summed E-state index contributed by atoms with van der Waals surface area (Å²) in [7, 11) is 0. The van der Waals surface area contributed by atoms with Gasteiger partial charge < -0.3 is 9.73 Å². The molecule has 1 amide bonds. The van der Waals surface area contributed by atoms with E-state index >= 15 is 0 Å². The number of oxazole rings is 1. The molecular formula is C19H27N3O2. The van der Waals surface area contributed by atoms with Gasteiger partial charge in [0.15, 0.2) is 11.5 Å². The van der Waals surface area contributed by atoms with E-state index in [0.29, 0.717) is 12.5 Å².